The Kier molecular flexibility index (Phi) is 5.56. The molecule has 0 aromatic heterocycles. The molecule has 1 rings (SSSR count). The molecule has 0 aliphatic rings. The standard InChI is InChI=1S/C11H15BrN4O3/c1-15(2)11(17)14-6-5-13-10-4-3-8(16(18)19)7-9(10)12/h3-4,7,13H,5-6H2,1-2H3,(H,14,17). The van der Waals surface area contributed by atoms with Crippen LogP contribution in [0.2, 0.25) is 0 Å². The van der Waals surface area contributed by atoms with Crippen LogP contribution in [0.3, 0.4) is 0 Å². The van der Waals surface area contributed by atoms with Crippen LogP contribution in [-0.4, -0.2) is 43.0 Å². The van der Waals surface area contributed by atoms with Crippen molar-refractivity contribution in [2.24, 2.45) is 0 Å². The highest BCUT2D eigenvalue weighted by atomic mass is 79.9. The first-order valence-electron chi connectivity index (χ1n) is 5.55. The smallest absolute Gasteiger partial charge is 0.316 e. The fraction of sp³-hybridized carbons (Fsp3) is 0.364. The Hall–Kier alpha value is -1.83. The van der Waals surface area contributed by atoms with Crippen LogP contribution >= 0.6 is 15.9 Å². The molecule has 0 saturated carbocycles. The van der Waals surface area contributed by atoms with E-state index in [-0.39, 0.29) is 11.7 Å². The Morgan fingerprint density at radius 3 is 2.63 bits per heavy atom. The SMILES string of the molecule is CN(C)C(=O)NCCNc1ccc([N+](=O)[O-])cc1Br. The average Bonchev–Trinajstić information content (AvgIpc) is 2.35. The van der Waals surface area contributed by atoms with Crippen molar-refractivity contribution in [1.82, 2.24) is 10.2 Å². The summed E-state index contributed by atoms with van der Waals surface area (Å²) in [7, 11) is 3.32. The molecule has 2 amide bonds. The highest BCUT2D eigenvalue weighted by molar-refractivity contribution is 9.10. The number of rotatable bonds is 5. The summed E-state index contributed by atoms with van der Waals surface area (Å²) in [4.78, 5) is 22.8. The van der Waals surface area contributed by atoms with Gasteiger partial charge in [0.2, 0.25) is 0 Å². The van der Waals surface area contributed by atoms with E-state index in [0.29, 0.717) is 17.6 Å². The molecule has 0 aliphatic heterocycles. The normalized spacial score (nSPS) is 9.84. The molecule has 0 atom stereocenters. The van der Waals surface area contributed by atoms with E-state index in [1.165, 1.54) is 17.0 Å². The highest BCUT2D eigenvalue weighted by Crippen LogP contribution is 2.26. The van der Waals surface area contributed by atoms with Gasteiger partial charge in [0.1, 0.15) is 0 Å². The topological polar surface area (TPSA) is 87.5 Å². The number of carbonyl (C=O) groups excluding carboxylic acids is 1. The van der Waals surface area contributed by atoms with Gasteiger partial charge in [0.05, 0.1) is 4.92 Å². The molecule has 1 aromatic rings. The number of amides is 2. The summed E-state index contributed by atoms with van der Waals surface area (Å²) >= 11 is 3.26. The third-order valence-electron chi connectivity index (χ3n) is 2.29. The number of non-ortho nitro benzene ring substituents is 1. The summed E-state index contributed by atoms with van der Waals surface area (Å²) in [5.74, 6) is 0. The predicted octanol–water partition coefficient (Wildman–Crippen LogP) is 2.04. The van der Waals surface area contributed by atoms with E-state index in [1.54, 1.807) is 20.2 Å². The van der Waals surface area contributed by atoms with Crippen molar-refractivity contribution < 1.29 is 9.72 Å². The lowest BCUT2D eigenvalue weighted by Crippen LogP contribution is -2.37. The van der Waals surface area contributed by atoms with Gasteiger partial charge in [0, 0.05) is 49.5 Å². The van der Waals surface area contributed by atoms with Gasteiger partial charge in [-0.05, 0) is 22.0 Å². The second kappa shape index (κ2) is 6.93. The number of anilines is 1. The van der Waals surface area contributed by atoms with Gasteiger partial charge in [-0.1, -0.05) is 0 Å². The summed E-state index contributed by atoms with van der Waals surface area (Å²) in [6.07, 6.45) is 0. The van der Waals surface area contributed by atoms with Gasteiger partial charge in [0.15, 0.2) is 0 Å². The van der Waals surface area contributed by atoms with E-state index in [0.717, 1.165) is 5.69 Å². The van der Waals surface area contributed by atoms with Crippen LogP contribution in [0.15, 0.2) is 22.7 Å². The van der Waals surface area contributed by atoms with E-state index < -0.39 is 4.92 Å². The van der Waals surface area contributed by atoms with Crippen LogP contribution in [0.4, 0.5) is 16.2 Å². The zero-order valence-electron chi connectivity index (χ0n) is 10.6. The van der Waals surface area contributed by atoms with E-state index in [9.17, 15) is 14.9 Å². The van der Waals surface area contributed by atoms with E-state index in [4.69, 9.17) is 0 Å². The van der Waals surface area contributed by atoms with Gasteiger partial charge < -0.3 is 15.5 Å². The molecule has 7 nitrogen and oxygen atoms in total. The summed E-state index contributed by atoms with van der Waals surface area (Å²) in [5.41, 5.74) is 0.767. The van der Waals surface area contributed by atoms with Gasteiger partial charge >= 0.3 is 6.03 Å². The molecular formula is C11H15BrN4O3. The molecule has 0 spiro atoms. The third kappa shape index (κ3) is 4.74. The highest BCUT2D eigenvalue weighted by Gasteiger charge is 2.08. The third-order valence-corrected chi connectivity index (χ3v) is 2.94. The lowest BCUT2D eigenvalue weighted by Gasteiger charge is -2.13. The summed E-state index contributed by atoms with van der Waals surface area (Å²) < 4.78 is 0.612. The van der Waals surface area contributed by atoms with Gasteiger partial charge in [0.25, 0.3) is 5.69 Å². The minimum atomic E-state index is -0.453. The lowest BCUT2D eigenvalue weighted by atomic mass is 10.3. The van der Waals surface area contributed by atoms with Crippen molar-refractivity contribution >= 4 is 33.3 Å². The molecule has 0 fully saturated rings. The number of hydrogen-bond donors (Lipinski definition) is 2. The lowest BCUT2D eigenvalue weighted by molar-refractivity contribution is -0.384. The predicted molar refractivity (Wildman–Crippen MR) is 76.4 cm³/mol. The van der Waals surface area contributed by atoms with Crippen LogP contribution in [0.1, 0.15) is 0 Å². The van der Waals surface area contributed by atoms with Gasteiger partial charge in [-0.3, -0.25) is 10.1 Å². The Morgan fingerprint density at radius 1 is 1.42 bits per heavy atom. The monoisotopic (exact) mass is 330 g/mol. The van der Waals surface area contributed by atoms with E-state index in [1.807, 2.05) is 0 Å². The Bertz CT molecular complexity index is 479. The minimum absolute atomic E-state index is 0.0262. The molecule has 104 valence electrons. The number of nitrogens with zero attached hydrogens (tertiary/aromatic N) is 2. The first-order chi connectivity index (χ1) is 8.91. The number of urea groups is 1. The first kappa shape index (κ1) is 15.2. The molecule has 1 aromatic carbocycles. The molecular weight excluding hydrogens is 316 g/mol. The van der Waals surface area contributed by atoms with Crippen LogP contribution in [0.25, 0.3) is 0 Å². The molecule has 2 N–H and O–H groups in total. The number of halogens is 1. The zero-order chi connectivity index (χ0) is 14.4. The van der Waals surface area contributed by atoms with Crippen LogP contribution < -0.4 is 10.6 Å². The van der Waals surface area contributed by atoms with Crippen LogP contribution in [0.5, 0.6) is 0 Å². The maximum Gasteiger partial charge on any atom is 0.316 e. The quantitative estimate of drug-likeness (QED) is 0.491. The molecule has 8 heteroatoms. The van der Waals surface area contributed by atoms with Crippen LogP contribution in [0, 0.1) is 10.1 Å². The minimum Gasteiger partial charge on any atom is -0.382 e. The van der Waals surface area contributed by atoms with Crippen molar-refractivity contribution in [3.63, 3.8) is 0 Å². The first-order valence-corrected chi connectivity index (χ1v) is 6.34. The van der Waals surface area contributed by atoms with Gasteiger partial charge in [-0.25, -0.2) is 4.79 Å². The summed E-state index contributed by atoms with van der Waals surface area (Å²) in [6, 6.07) is 4.31. The number of hydrogen-bond acceptors (Lipinski definition) is 4. The summed E-state index contributed by atoms with van der Waals surface area (Å²) in [5, 5.41) is 16.3. The molecule has 0 aliphatic carbocycles. The fourth-order valence-corrected chi connectivity index (χ4v) is 1.79. The zero-order valence-corrected chi connectivity index (χ0v) is 12.2. The van der Waals surface area contributed by atoms with Crippen molar-refractivity contribution in [3.8, 4) is 0 Å². The Balaban J connectivity index is 2.46. The number of nitro groups is 1. The maximum absolute atomic E-state index is 11.2. The van der Waals surface area contributed by atoms with E-state index >= 15 is 0 Å². The van der Waals surface area contributed by atoms with E-state index in [2.05, 4.69) is 26.6 Å². The second-order valence-corrected chi connectivity index (χ2v) is 4.83. The number of nitro benzene ring substituents is 1. The van der Waals surface area contributed by atoms with Crippen LogP contribution in [-0.2, 0) is 0 Å². The van der Waals surface area contributed by atoms with Gasteiger partial charge in [-0.15, -0.1) is 0 Å². The van der Waals surface area contributed by atoms with Crippen molar-refractivity contribution in [1.29, 1.82) is 0 Å². The Labute approximate surface area is 119 Å². The number of nitrogens with one attached hydrogen (secondary N) is 2. The molecule has 0 heterocycles. The molecule has 0 saturated heterocycles. The van der Waals surface area contributed by atoms with Crippen molar-refractivity contribution in [2.75, 3.05) is 32.5 Å². The van der Waals surface area contributed by atoms with Gasteiger partial charge in [-0.2, -0.15) is 0 Å². The molecule has 0 radical (unpaired) electrons. The number of benzene rings is 1. The van der Waals surface area contributed by atoms with Crippen molar-refractivity contribution in [3.05, 3.63) is 32.8 Å². The van der Waals surface area contributed by atoms with Crippen molar-refractivity contribution in [2.45, 2.75) is 0 Å². The maximum atomic E-state index is 11.2. The fourth-order valence-electron chi connectivity index (χ4n) is 1.29. The molecule has 0 bridgehead atoms. The second-order valence-electron chi connectivity index (χ2n) is 3.97. The number of carbonyl (C=O) groups is 1. The average molecular weight is 331 g/mol. The molecule has 0 unspecified atom stereocenters. The summed E-state index contributed by atoms with van der Waals surface area (Å²) in [6.45, 7) is 0.983. The molecule has 19 heavy (non-hydrogen) atoms. The Morgan fingerprint density at radius 2 is 2.11 bits per heavy atom. The largest absolute Gasteiger partial charge is 0.382 e.